The fourth-order valence-electron chi connectivity index (χ4n) is 5.85. The molecule has 2 aromatic carbocycles. The van der Waals surface area contributed by atoms with E-state index in [2.05, 4.69) is 5.32 Å². The highest BCUT2D eigenvalue weighted by molar-refractivity contribution is 7.90. The monoisotopic (exact) mass is 566 g/mol. The highest BCUT2D eigenvalue weighted by Gasteiger charge is 2.47. The molecule has 2 saturated heterocycles. The summed E-state index contributed by atoms with van der Waals surface area (Å²) in [6, 6.07) is 9.38. The Morgan fingerprint density at radius 2 is 1.77 bits per heavy atom. The van der Waals surface area contributed by atoms with Gasteiger partial charge in [-0.1, -0.05) is 18.2 Å². The molecule has 2 aliphatic heterocycles. The van der Waals surface area contributed by atoms with Crippen molar-refractivity contribution in [2.45, 2.75) is 79.7 Å². The number of nitrogens with zero attached hydrogens (tertiary/aromatic N) is 1. The molecule has 5 rings (SSSR count). The summed E-state index contributed by atoms with van der Waals surface area (Å²) < 4.78 is 70.6. The number of amides is 2. The third-order valence-electron chi connectivity index (χ3n) is 7.74. The largest absolute Gasteiger partial charge is 0.490 e. The van der Waals surface area contributed by atoms with Crippen LogP contribution in [-0.2, 0) is 27.2 Å². The summed E-state index contributed by atoms with van der Waals surface area (Å²) >= 11 is 0. The average molecular weight is 567 g/mol. The molecule has 3 fully saturated rings. The number of fused-ring (bicyclic) bond motifs is 2. The van der Waals surface area contributed by atoms with E-state index >= 15 is 0 Å². The molecule has 2 unspecified atom stereocenters. The molecule has 3 aliphatic rings. The standard InChI is InChI=1S/C27H29F3N2O6S/c1-39(36,37)20-4-2-3-16(11-20)21-14-23(21)31-26(35)32-17-6-7-18(32)13-19(12-17)38-24-8-5-15(10-25(33)34)9-22(24)27(28,29)30/h2-5,8-9,11,17-19,21,23H,6-7,10,12-14H2,1H3,(H,31,35)(H,33,34)/t17-,18-,21?,23?/m0/s1. The minimum absolute atomic E-state index is 0.0269. The Morgan fingerprint density at radius 1 is 1.08 bits per heavy atom. The molecule has 2 amide bonds. The maximum Gasteiger partial charge on any atom is 0.419 e. The Balaban J connectivity index is 1.22. The Labute approximate surface area is 224 Å². The van der Waals surface area contributed by atoms with Gasteiger partial charge in [-0.05, 0) is 54.7 Å². The van der Waals surface area contributed by atoms with Gasteiger partial charge in [0.25, 0.3) is 0 Å². The first-order valence-electron chi connectivity index (χ1n) is 12.8. The van der Waals surface area contributed by atoms with Crippen molar-refractivity contribution in [1.82, 2.24) is 10.2 Å². The molecule has 2 aromatic rings. The molecule has 2 bridgehead atoms. The third-order valence-corrected chi connectivity index (χ3v) is 8.85. The lowest BCUT2D eigenvalue weighted by atomic mass is 9.99. The van der Waals surface area contributed by atoms with Crippen LogP contribution in [0.4, 0.5) is 18.0 Å². The summed E-state index contributed by atoms with van der Waals surface area (Å²) in [6.45, 7) is 0. The number of ether oxygens (including phenoxy) is 1. The Bertz CT molecular complexity index is 1380. The molecule has 210 valence electrons. The number of hydrogen-bond donors (Lipinski definition) is 2. The number of carboxylic acids is 1. The predicted octanol–water partition coefficient (Wildman–Crippen LogP) is 4.38. The van der Waals surface area contributed by atoms with Crippen LogP contribution in [0.1, 0.15) is 54.7 Å². The molecule has 4 atom stereocenters. The van der Waals surface area contributed by atoms with Gasteiger partial charge in [-0.15, -0.1) is 0 Å². The maximum absolute atomic E-state index is 13.7. The van der Waals surface area contributed by atoms with Gasteiger partial charge in [0, 0.05) is 43.1 Å². The molecule has 1 saturated carbocycles. The summed E-state index contributed by atoms with van der Waals surface area (Å²) in [4.78, 5) is 26.1. The fourth-order valence-corrected chi connectivity index (χ4v) is 6.53. The van der Waals surface area contributed by atoms with E-state index in [0.717, 1.165) is 30.7 Å². The van der Waals surface area contributed by atoms with Gasteiger partial charge >= 0.3 is 18.2 Å². The maximum atomic E-state index is 13.7. The normalized spacial score (nSPS) is 26.3. The quantitative estimate of drug-likeness (QED) is 0.515. The van der Waals surface area contributed by atoms with Crippen molar-refractivity contribution in [3.63, 3.8) is 0 Å². The number of benzene rings is 2. The zero-order valence-corrected chi connectivity index (χ0v) is 22.0. The van der Waals surface area contributed by atoms with Crippen molar-refractivity contribution in [2.75, 3.05) is 6.26 Å². The van der Waals surface area contributed by atoms with Crippen LogP contribution in [-0.4, -0.2) is 60.9 Å². The topological polar surface area (TPSA) is 113 Å². The second-order valence-electron chi connectivity index (χ2n) is 10.6. The number of nitrogens with one attached hydrogen (secondary N) is 1. The van der Waals surface area contributed by atoms with E-state index in [4.69, 9.17) is 9.84 Å². The van der Waals surface area contributed by atoms with Crippen LogP contribution < -0.4 is 10.1 Å². The number of sulfone groups is 1. The van der Waals surface area contributed by atoms with Crippen LogP contribution >= 0.6 is 0 Å². The van der Waals surface area contributed by atoms with Crippen molar-refractivity contribution in [1.29, 1.82) is 0 Å². The summed E-state index contributed by atoms with van der Waals surface area (Å²) in [5, 5.41) is 12.0. The minimum atomic E-state index is -4.70. The Hall–Kier alpha value is -3.28. The van der Waals surface area contributed by atoms with Gasteiger partial charge in [0.05, 0.1) is 16.9 Å². The van der Waals surface area contributed by atoms with Gasteiger partial charge in [0.1, 0.15) is 11.9 Å². The molecule has 8 nitrogen and oxygen atoms in total. The summed E-state index contributed by atoms with van der Waals surface area (Å²) in [6.07, 6.45) is -1.64. The smallest absolute Gasteiger partial charge is 0.419 e. The van der Waals surface area contributed by atoms with Gasteiger partial charge in [-0.2, -0.15) is 13.2 Å². The molecule has 12 heteroatoms. The number of halogens is 3. The molecular weight excluding hydrogens is 537 g/mol. The first-order valence-corrected chi connectivity index (χ1v) is 14.7. The lowest BCUT2D eigenvalue weighted by molar-refractivity contribution is -0.140. The summed E-state index contributed by atoms with van der Waals surface area (Å²) in [5.74, 6) is -1.53. The first-order chi connectivity index (χ1) is 18.3. The van der Waals surface area contributed by atoms with Gasteiger partial charge < -0.3 is 20.1 Å². The van der Waals surface area contributed by atoms with Crippen LogP contribution in [0.2, 0.25) is 0 Å². The lowest BCUT2D eigenvalue weighted by Crippen LogP contribution is -2.53. The molecule has 0 aromatic heterocycles. The van der Waals surface area contributed by atoms with E-state index < -0.39 is 40.1 Å². The number of piperidine rings is 1. The molecule has 2 N–H and O–H groups in total. The van der Waals surface area contributed by atoms with E-state index in [1.54, 1.807) is 23.1 Å². The molecule has 0 spiro atoms. The van der Waals surface area contributed by atoms with E-state index in [0.29, 0.717) is 19.3 Å². The molecule has 39 heavy (non-hydrogen) atoms. The second kappa shape index (κ2) is 10.0. The van der Waals surface area contributed by atoms with Crippen LogP contribution in [0.3, 0.4) is 0 Å². The number of rotatable bonds is 7. The molecular formula is C27H29F3N2O6S. The van der Waals surface area contributed by atoms with Gasteiger partial charge in [-0.25, -0.2) is 13.2 Å². The second-order valence-corrected chi connectivity index (χ2v) is 12.7. The van der Waals surface area contributed by atoms with Crippen LogP contribution in [0.15, 0.2) is 47.4 Å². The number of aliphatic carboxylic acids is 1. The van der Waals surface area contributed by atoms with Crippen molar-refractivity contribution in [2.24, 2.45) is 0 Å². The zero-order chi connectivity index (χ0) is 28.1. The molecule has 2 heterocycles. The number of urea groups is 1. The number of alkyl halides is 3. The zero-order valence-electron chi connectivity index (χ0n) is 21.1. The van der Waals surface area contributed by atoms with Crippen LogP contribution in [0.5, 0.6) is 5.75 Å². The van der Waals surface area contributed by atoms with Crippen LogP contribution in [0, 0.1) is 0 Å². The highest BCUT2D eigenvalue weighted by atomic mass is 32.2. The van der Waals surface area contributed by atoms with E-state index in [1.807, 2.05) is 6.07 Å². The number of carboxylic acid groups (broad SMARTS) is 1. The van der Waals surface area contributed by atoms with Crippen molar-refractivity contribution in [3.05, 3.63) is 59.2 Å². The fraction of sp³-hybridized carbons (Fsp3) is 0.481. The Morgan fingerprint density at radius 3 is 2.38 bits per heavy atom. The Kier molecular flexibility index (Phi) is 7.02. The molecule has 0 radical (unpaired) electrons. The molecule has 1 aliphatic carbocycles. The highest BCUT2D eigenvalue weighted by Crippen LogP contribution is 2.44. The average Bonchev–Trinajstić information content (AvgIpc) is 3.55. The van der Waals surface area contributed by atoms with E-state index in [-0.39, 0.29) is 46.3 Å². The SMILES string of the molecule is CS(=O)(=O)c1cccc(C2CC2NC(=O)N2[C@H]3CC[C@H]2CC(Oc2ccc(CC(=O)O)cc2C(F)(F)F)C3)c1. The van der Waals surface area contributed by atoms with Crippen molar-refractivity contribution >= 4 is 21.8 Å². The van der Waals surface area contributed by atoms with Crippen LogP contribution in [0.25, 0.3) is 0 Å². The third kappa shape index (κ3) is 6.00. The number of carbonyl (C=O) groups excluding carboxylic acids is 1. The number of carbonyl (C=O) groups is 2. The summed E-state index contributed by atoms with van der Waals surface area (Å²) in [5.41, 5.74) is -0.114. The van der Waals surface area contributed by atoms with E-state index in [1.165, 1.54) is 12.1 Å². The summed E-state index contributed by atoms with van der Waals surface area (Å²) in [7, 11) is -3.33. The lowest BCUT2D eigenvalue weighted by Gasteiger charge is -2.39. The minimum Gasteiger partial charge on any atom is -0.490 e. The van der Waals surface area contributed by atoms with Gasteiger partial charge in [0.15, 0.2) is 9.84 Å². The van der Waals surface area contributed by atoms with Crippen molar-refractivity contribution < 1.29 is 41.0 Å². The van der Waals surface area contributed by atoms with Gasteiger partial charge in [-0.3, -0.25) is 4.79 Å². The van der Waals surface area contributed by atoms with Crippen molar-refractivity contribution in [3.8, 4) is 5.75 Å². The predicted molar refractivity (Wildman–Crippen MR) is 134 cm³/mol. The number of hydrogen-bond acceptors (Lipinski definition) is 5. The first kappa shape index (κ1) is 27.3. The van der Waals surface area contributed by atoms with E-state index in [9.17, 15) is 31.2 Å². The van der Waals surface area contributed by atoms with Gasteiger partial charge in [0.2, 0.25) is 0 Å².